The molecule has 19 heavy (non-hydrogen) atoms. The maximum atomic E-state index is 11.3. The SMILES string of the molecule is COC(=O)c1nccc(NCCCn2ccnc2)n1. The quantitative estimate of drug-likeness (QED) is 0.616. The van der Waals surface area contributed by atoms with Crippen LogP contribution in [0.5, 0.6) is 0 Å². The van der Waals surface area contributed by atoms with Crippen molar-refractivity contribution >= 4 is 11.8 Å². The lowest BCUT2D eigenvalue weighted by Gasteiger charge is -2.06. The van der Waals surface area contributed by atoms with E-state index >= 15 is 0 Å². The van der Waals surface area contributed by atoms with Crippen LogP contribution >= 0.6 is 0 Å². The minimum absolute atomic E-state index is 0.0575. The number of anilines is 1. The molecule has 0 saturated carbocycles. The first kappa shape index (κ1) is 13.0. The highest BCUT2D eigenvalue weighted by Gasteiger charge is 2.08. The van der Waals surface area contributed by atoms with E-state index in [4.69, 9.17) is 0 Å². The lowest BCUT2D eigenvalue weighted by molar-refractivity contribution is 0.0587. The number of carbonyl (C=O) groups excluding carboxylic acids is 1. The lowest BCUT2D eigenvalue weighted by Crippen LogP contribution is -2.11. The molecule has 0 aliphatic carbocycles. The Morgan fingerprint density at radius 3 is 3.11 bits per heavy atom. The maximum absolute atomic E-state index is 11.3. The second-order valence-corrected chi connectivity index (χ2v) is 3.84. The fourth-order valence-electron chi connectivity index (χ4n) is 1.54. The molecule has 7 heteroatoms. The molecule has 1 N–H and O–H groups in total. The topological polar surface area (TPSA) is 81.9 Å². The van der Waals surface area contributed by atoms with Crippen LogP contribution in [0.3, 0.4) is 0 Å². The zero-order chi connectivity index (χ0) is 13.5. The summed E-state index contributed by atoms with van der Waals surface area (Å²) in [5.74, 6) is 0.130. The molecule has 0 aromatic carbocycles. The van der Waals surface area contributed by atoms with E-state index in [1.54, 1.807) is 18.6 Å². The summed E-state index contributed by atoms with van der Waals surface area (Å²) in [6.45, 7) is 1.62. The Balaban J connectivity index is 1.81. The minimum atomic E-state index is -0.540. The van der Waals surface area contributed by atoms with Crippen molar-refractivity contribution < 1.29 is 9.53 Å². The van der Waals surface area contributed by atoms with E-state index in [0.29, 0.717) is 5.82 Å². The predicted molar refractivity (Wildman–Crippen MR) is 68.7 cm³/mol. The standard InChI is InChI=1S/C12H15N5O2/c1-19-12(18)11-15-5-3-10(16-11)14-4-2-7-17-8-6-13-9-17/h3,5-6,8-9H,2,4,7H2,1H3,(H,14,15,16). The van der Waals surface area contributed by atoms with Crippen LogP contribution in [0.15, 0.2) is 31.0 Å². The summed E-state index contributed by atoms with van der Waals surface area (Å²) in [6.07, 6.45) is 7.89. The van der Waals surface area contributed by atoms with E-state index in [-0.39, 0.29) is 5.82 Å². The molecule has 2 aromatic rings. The molecule has 0 aliphatic heterocycles. The van der Waals surface area contributed by atoms with E-state index in [2.05, 4.69) is 25.0 Å². The zero-order valence-corrected chi connectivity index (χ0v) is 10.6. The number of ether oxygens (including phenoxy) is 1. The van der Waals surface area contributed by atoms with Gasteiger partial charge in [-0.15, -0.1) is 0 Å². The van der Waals surface area contributed by atoms with Gasteiger partial charge in [-0.3, -0.25) is 0 Å². The minimum Gasteiger partial charge on any atom is -0.463 e. The third kappa shape index (κ3) is 3.77. The number of imidazole rings is 1. The molecule has 0 amide bonds. The van der Waals surface area contributed by atoms with Gasteiger partial charge < -0.3 is 14.6 Å². The monoisotopic (exact) mass is 261 g/mol. The van der Waals surface area contributed by atoms with Crippen molar-refractivity contribution in [2.45, 2.75) is 13.0 Å². The summed E-state index contributed by atoms with van der Waals surface area (Å²) in [4.78, 5) is 23.1. The van der Waals surface area contributed by atoms with E-state index in [1.165, 1.54) is 13.3 Å². The van der Waals surface area contributed by atoms with Gasteiger partial charge in [-0.05, 0) is 12.5 Å². The van der Waals surface area contributed by atoms with Crippen LogP contribution < -0.4 is 5.32 Å². The van der Waals surface area contributed by atoms with Crippen molar-refractivity contribution in [3.05, 3.63) is 36.8 Å². The summed E-state index contributed by atoms with van der Waals surface area (Å²) < 4.78 is 6.57. The number of carbonyl (C=O) groups is 1. The molecule has 2 heterocycles. The average Bonchev–Trinajstić information content (AvgIpc) is 2.96. The highest BCUT2D eigenvalue weighted by Crippen LogP contribution is 2.03. The van der Waals surface area contributed by atoms with E-state index in [9.17, 15) is 4.79 Å². The zero-order valence-electron chi connectivity index (χ0n) is 10.6. The summed E-state index contributed by atoms with van der Waals surface area (Å²) in [5.41, 5.74) is 0. The Hall–Kier alpha value is -2.44. The van der Waals surface area contributed by atoms with Crippen LogP contribution in [0.4, 0.5) is 5.82 Å². The number of hydrogen-bond donors (Lipinski definition) is 1. The van der Waals surface area contributed by atoms with Gasteiger partial charge in [0.25, 0.3) is 0 Å². The Bertz CT molecular complexity index is 527. The van der Waals surface area contributed by atoms with E-state index < -0.39 is 5.97 Å². The first-order valence-corrected chi connectivity index (χ1v) is 5.90. The number of rotatable bonds is 6. The van der Waals surface area contributed by atoms with Gasteiger partial charge in [0.15, 0.2) is 0 Å². The van der Waals surface area contributed by atoms with E-state index in [1.807, 2.05) is 10.8 Å². The Morgan fingerprint density at radius 2 is 2.37 bits per heavy atom. The highest BCUT2D eigenvalue weighted by molar-refractivity contribution is 5.85. The molecule has 0 spiro atoms. The molecule has 0 unspecified atom stereocenters. The van der Waals surface area contributed by atoms with Gasteiger partial charge in [0.05, 0.1) is 13.4 Å². The molecule has 0 saturated heterocycles. The second kappa shape index (κ2) is 6.48. The average molecular weight is 261 g/mol. The molecule has 0 aliphatic rings. The van der Waals surface area contributed by atoms with Crippen molar-refractivity contribution in [3.8, 4) is 0 Å². The van der Waals surface area contributed by atoms with Crippen LogP contribution in [0.25, 0.3) is 0 Å². The third-order valence-corrected chi connectivity index (χ3v) is 2.48. The fourth-order valence-corrected chi connectivity index (χ4v) is 1.54. The third-order valence-electron chi connectivity index (χ3n) is 2.48. The number of hydrogen-bond acceptors (Lipinski definition) is 6. The van der Waals surface area contributed by atoms with Gasteiger partial charge in [0.1, 0.15) is 5.82 Å². The number of aromatic nitrogens is 4. The number of nitrogens with zero attached hydrogens (tertiary/aromatic N) is 4. The number of aryl methyl sites for hydroxylation is 1. The van der Waals surface area contributed by atoms with Crippen molar-refractivity contribution in [2.24, 2.45) is 0 Å². The molecule has 100 valence electrons. The molecular weight excluding hydrogens is 246 g/mol. The van der Waals surface area contributed by atoms with Gasteiger partial charge in [-0.1, -0.05) is 0 Å². The summed E-state index contributed by atoms with van der Waals surface area (Å²) in [6, 6.07) is 1.71. The van der Waals surface area contributed by atoms with Crippen LogP contribution in [0, 0.1) is 0 Å². The van der Waals surface area contributed by atoms with E-state index in [0.717, 1.165) is 19.5 Å². The first-order valence-electron chi connectivity index (χ1n) is 5.90. The van der Waals surface area contributed by atoms with Gasteiger partial charge >= 0.3 is 5.97 Å². The van der Waals surface area contributed by atoms with Crippen LogP contribution in [0.2, 0.25) is 0 Å². The molecule has 0 radical (unpaired) electrons. The van der Waals surface area contributed by atoms with Crippen molar-refractivity contribution in [3.63, 3.8) is 0 Å². The molecular formula is C12H15N5O2. The summed E-state index contributed by atoms with van der Waals surface area (Å²) >= 11 is 0. The van der Waals surface area contributed by atoms with Crippen LogP contribution in [-0.4, -0.2) is 39.1 Å². The smallest absolute Gasteiger partial charge is 0.376 e. The predicted octanol–water partition coefficient (Wildman–Crippen LogP) is 0.962. The maximum Gasteiger partial charge on any atom is 0.376 e. The Morgan fingerprint density at radius 1 is 1.47 bits per heavy atom. The number of esters is 1. The lowest BCUT2D eigenvalue weighted by atomic mass is 10.4. The Labute approximate surface area is 110 Å². The van der Waals surface area contributed by atoms with Crippen molar-refractivity contribution in [1.82, 2.24) is 19.5 Å². The molecule has 0 bridgehead atoms. The van der Waals surface area contributed by atoms with Crippen molar-refractivity contribution in [2.75, 3.05) is 19.0 Å². The number of methoxy groups -OCH3 is 1. The van der Waals surface area contributed by atoms with Gasteiger partial charge in [0, 0.05) is 31.7 Å². The molecule has 0 fully saturated rings. The second-order valence-electron chi connectivity index (χ2n) is 3.84. The molecule has 7 nitrogen and oxygen atoms in total. The van der Waals surface area contributed by atoms with Gasteiger partial charge in [-0.25, -0.2) is 19.7 Å². The number of nitrogens with one attached hydrogen (secondary N) is 1. The van der Waals surface area contributed by atoms with Gasteiger partial charge in [0.2, 0.25) is 5.82 Å². The molecule has 2 rings (SSSR count). The largest absolute Gasteiger partial charge is 0.463 e. The summed E-state index contributed by atoms with van der Waals surface area (Å²) in [7, 11) is 1.30. The van der Waals surface area contributed by atoms with Gasteiger partial charge in [-0.2, -0.15) is 0 Å². The first-order chi connectivity index (χ1) is 9.29. The van der Waals surface area contributed by atoms with Crippen LogP contribution in [-0.2, 0) is 11.3 Å². The molecule has 0 atom stereocenters. The summed E-state index contributed by atoms with van der Waals surface area (Å²) in [5, 5.41) is 3.13. The normalized spacial score (nSPS) is 10.2. The fraction of sp³-hybridized carbons (Fsp3) is 0.333. The Kier molecular flexibility index (Phi) is 4.44. The van der Waals surface area contributed by atoms with Crippen LogP contribution in [0.1, 0.15) is 17.0 Å². The highest BCUT2D eigenvalue weighted by atomic mass is 16.5. The van der Waals surface area contributed by atoms with Crippen molar-refractivity contribution in [1.29, 1.82) is 0 Å². The molecule has 2 aromatic heterocycles.